The van der Waals surface area contributed by atoms with Crippen molar-refractivity contribution in [2.75, 3.05) is 0 Å². The summed E-state index contributed by atoms with van der Waals surface area (Å²) in [7, 11) is 1.34. The molecule has 5 heteroatoms. The molecule has 0 amide bonds. The Kier molecular flexibility index (Phi) is 53.8. The van der Waals surface area contributed by atoms with Gasteiger partial charge in [-0.15, -0.1) is 0 Å². The van der Waals surface area contributed by atoms with Crippen molar-refractivity contribution in [1.82, 2.24) is 0 Å². The summed E-state index contributed by atoms with van der Waals surface area (Å²) in [4.78, 5) is 0. The Hall–Kier alpha value is 1.83. The van der Waals surface area contributed by atoms with E-state index in [-0.39, 0.29) is 34.1 Å². The van der Waals surface area contributed by atoms with Crippen LogP contribution in [0.2, 0.25) is 0 Å². The van der Waals surface area contributed by atoms with Gasteiger partial charge in [0, 0.05) is 34.1 Å². The summed E-state index contributed by atoms with van der Waals surface area (Å²) in [6.45, 7) is 2.16. The van der Waals surface area contributed by atoms with Gasteiger partial charge in [-0.05, 0) is 0 Å². The van der Waals surface area contributed by atoms with Gasteiger partial charge in [0.1, 0.15) is 0 Å². The summed E-state index contributed by atoms with van der Waals surface area (Å²) >= 11 is 1.58. The van der Waals surface area contributed by atoms with Crippen molar-refractivity contribution in [3.05, 3.63) is 0 Å². The maximum Gasteiger partial charge on any atom is 0 e. The molecule has 0 aliphatic carbocycles. The van der Waals surface area contributed by atoms with Crippen molar-refractivity contribution in [3.8, 4) is 0 Å². The Morgan fingerprint density at radius 1 is 1.60 bits per heavy atom. The first-order valence-corrected chi connectivity index (χ1v) is 5.50. The van der Waals surface area contributed by atoms with Crippen LogP contribution in [0, 0.1) is 0 Å². The molecule has 40 valence electrons. The second kappa shape index (κ2) is 17.0. The van der Waals surface area contributed by atoms with Crippen molar-refractivity contribution in [3.63, 3.8) is 0 Å². The molecule has 0 aromatic heterocycles. The number of rotatable bonds is 0. The summed E-state index contributed by atoms with van der Waals surface area (Å²) in [6.07, 6.45) is 0. The molecule has 0 heterocycles. The smallest absolute Gasteiger partial charge is 0 e. The normalized spacial score (nSPS) is 4.80. The van der Waals surface area contributed by atoms with Gasteiger partial charge >= 0.3 is 29.5 Å². The third kappa shape index (κ3) is 25.6. The fourth-order valence-corrected chi connectivity index (χ4v) is 0. The van der Waals surface area contributed by atoms with Crippen molar-refractivity contribution < 1.29 is 48.0 Å². The van der Waals surface area contributed by atoms with Crippen molar-refractivity contribution in [2.24, 2.45) is 0 Å². The third-order valence-corrected chi connectivity index (χ3v) is 0. The summed E-state index contributed by atoms with van der Waals surface area (Å²) in [5.41, 5.74) is 0. The van der Waals surface area contributed by atoms with Crippen LogP contribution in [-0.2, 0) is 48.0 Å². The van der Waals surface area contributed by atoms with Crippen LogP contribution >= 0.6 is 0 Å². The molecule has 0 aliphatic heterocycles. The van der Waals surface area contributed by atoms with E-state index in [4.69, 9.17) is 0 Å². The first kappa shape index (κ1) is 15.8. The molecule has 0 spiro atoms. The van der Waals surface area contributed by atoms with Gasteiger partial charge in [0.25, 0.3) is 0 Å². The largest absolute Gasteiger partial charge is 0 e. The fraction of sp³-hybridized carbons (Fsp3) is 0. The molecule has 5 heavy (non-hydrogen) atoms. The second-order valence-electron chi connectivity index (χ2n) is 0.333. The first-order valence-electron chi connectivity index (χ1n) is 0.667. The van der Waals surface area contributed by atoms with Gasteiger partial charge in [-0.3, -0.25) is 0 Å². The van der Waals surface area contributed by atoms with Crippen LogP contribution in [0.1, 0.15) is 0 Å². The Morgan fingerprint density at radius 3 is 1.60 bits per heavy atom. The summed E-state index contributed by atoms with van der Waals surface area (Å²) in [5.74, 6) is 0. The van der Waals surface area contributed by atoms with Gasteiger partial charge in [-0.25, -0.2) is 0 Å². The predicted molar refractivity (Wildman–Crippen MR) is 18.5 cm³/mol. The molecule has 0 atom stereocenters. The van der Waals surface area contributed by atoms with E-state index < -0.39 is 0 Å². The van der Waals surface area contributed by atoms with E-state index in [1.807, 2.05) is 0 Å². The quantitative estimate of drug-likeness (QED) is 0.412. The van der Waals surface area contributed by atoms with Crippen LogP contribution in [0.5, 0.6) is 0 Å². The van der Waals surface area contributed by atoms with E-state index in [1.54, 1.807) is 13.9 Å². The Labute approximate surface area is 63.3 Å². The zero-order valence-electron chi connectivity index (χ0n) is 2.99. The topological polar surface area (TPSA) is 0 Å². The minimum atomic E-state index is 0. The van der Waals surface area contributed by atoms with Crippen LogP contribution in [0.4, 0.5) is 0 Å². The molecule has 0 fully saturated rings. The minimum Gasteiger partial charge on any atom is 0 e. The van der Waals surface area contributed by atoms with Crippen molar-refractivity contribution in [2.45, 2.75) is 0 Å². The molecule has 0 aromatic rings. The van der Waals surface area contributed by atoms with Crippen LogP contribution < -0.4 is 0 Å². The van der Waals surface area contributed by atoms with Gasteiger partial charge in [-0.2, -0.15) is 0 Å². The second-order valence-corrected chi connectivity index (χ2v) is 4.12. The molecular formula is H5BCoCuFeSi. The summed E-state index contributed by atoms with van der Waals surface area (Å²) < 4.78 is 0. The van der Waals surface area contributed by atoms with E-state index in [1.165, 1.54) is 8.89 Å². The molecule has 0 saturated carbocycles. The van der Waals surface area contributed by atoms with Gasteiger partial charge < -0.3 is 0 Å². The molecule has 0 N–H and O–H groups in total. The standard InChI is InChI=1S/BH2.Co.Cu.Fe.H3Si/h1H2;;;;1H3/q+1;-1;;;. The van der Waals surface area contributed by atoms with E-state index in [0.29, 0.717) is 0 Å². The molecule has 0 aromatic carbocycles. The zero-order chi connectivity index (χ0) is 2.71. The molecule has 0 aliphatic rings. The SMILES string of the molecule is [BH2][Co][SiH3].[Cu].[Fe]. The average molecular weight is 222 g/mol. The number of hydrogen-bond donors (Lipinski definition) is 0. The number of hydrogen-bond acceptors (Lipinski definition) is 0. The summed E-state index contributed by atoms with van der Waals surface area (Å²) in [5, 5.41) is 0. The van der Waals surface area contributed by atoms with E-state index in [0.717, 1.165) is 0 Å². The molecule has 0 unspecified atom stereocenters. The zero-order valence-corrected chi connectivity index (χ0v) is 8.08. The van der Waals surface area contributed by atoms with Gasteiger partial charge in [0.15, 0.2) is 0 Å². The monoisotopic (exact) mass is 222 g/mol. The molecule has 0 bridgehead atoms. The van der Waals surface area contributed by atoms with Gasteiger partial charge in [-0.1, -0.05) is 0 Å². The Balaban J connectivity index is -0.0000000200. The average Bonchev–Trinajstić information content (AvgIpc) is 0.918. The fourth-order valence-electron chi connectivity index (χ4n) is 0. The van der Waals surface area contributed by atoms with E-state index in [9.17, 15) is 0 Å². The van der Waals surface area contributed by atoms with E-state index in [2.05, 4.69) is 6.70 Å². The van der Waals surface area contributed by atoms with Crippen LogP contribution in [-0.4, -0.2) is 15.6 Å². The molecule has 0 rings (SSSR count). The maximum absolute atomic E-state index is 2.16. The summed E-state index contributed by atoms with van der Waals surface area (Å²) in [6, 6.07) is 0. The van der Waals surface area contributed by atoms with Gasteiger partial charge in [0.05, 0.1) is 0 Å². The third-order valence-electron chi connectivity index (χ3n) is 0. The van der Waals surface area contributed by atoms with Gasteiger partial charge in [0.2, 0.25) is 0 Å². The van der Waals surface area contributed by atoms with Crippen LogP contribution in [0.3, 0.4) is 0 Å². The predicted octanol–water partition coefficient (Wildman–Crippen LogP) is -2.11. The molecule has 0 nitrogen and oxygen atoms in total. The van der Waals surface area contributed by atoms with Crippen LogP contribution in [0.25, 0.3) is 0 Å². The first-order chi connectivity index (χ1) is 1.41. The molecule has 0 saturated heterocycles. The molecule has 1 radical (unpaired) electrons. The van der Waals surface area contributed by atoms with Crippen LogP contribution in [0.15, 0.2) is 0 Å². The Morgan fingerprint density at radius 2 is 1.60 bits per heavy atom. The van der Waals surface area contributed by atoms with Crippen molar-refractivity contribution >= 4 is 15.6 Å². The Bertz CT molecular complexity index is 11.6. The van der Waals surface area contributed by atoms with E-state index >= 15 is 0 Å². The minimum absolute atomic E-state index is 0. The maximum atomic E-state index is 2.16. The molecular weight excluding hydrogens is 217 g/mol. The van der Waals surface area contributed by atoms with Crippen molar-refractivity contribution in [1.29, 1.82) is 0 Å².